The Kier molecular flexibility index (Phi) is 5.38. The van der Waals surface area contributed by atoms with Crippen molar-refractivity contribution in [3.8, 4) is 11.8 Å². The third-order valence-corrected chi connectivity index (χ3v) is 4.47. The van der Waals surface area contributed by atoms with Crippen LogP contribution in [0.3, 0.4) is 0 Å². The molecule has 132 valence electrons. The highest BCUT2D eigenvalue weighted by Crippen LogP contribution is 2.26. The SMILES string of the molecule is CC(C)N(Cc1ccc(C#N)cc1)C(=O)/C=C/c1ccc2c(c1)CCO2. The molecule has 0 saturated heterocycles. The van der Waals surface area contributed by atoms with Crippen LogP contribution in [0.4, 0.5) is 0 Å². The lowest BCUT2D eigenvalue weighted by molar-refractivity contribution is -0.128. The van der Waals surface area contributed by atoms with Crippen LogP contribution in [0.2, 0.25) is 0 Å². The average Bonchev–Trinajstić information content (AvgIpc) is 3.12. The van der Waals surface area contributed by atoms with Crippen LogP contribution >= 0.6 is 0 Å². The minimum absolute atomic E-state index is 0.0268. The van der Waals surface area contributed by atoms with E-state index in [0.29, 0.717) is 12.1 Å². The summed E-state index contributed by atoms with van der Waals surface area (Å²) in [6.45, 7) is 5.25. The molecule has 0 unspecified atom stereocenters. The van der Waals surface area contributed by atoms with Crippen molar-refractivity contribution in [3.63, 3.8) is 0 Å². The van der Waals surface area contributed by atoms with E-state index in [0.717, 1.165) is 29.9 Å². The van der Waals surface area contributed by atoms with Gasteiger partial charge in [-0.05, 0) is 60.9 Å². The molecule has 3 rings (SSSR count). The number of nitrogens with zero attached hydrogens (tertiary/aromatic N) is 2. The van der Waals surface area contributed by atoms with Crippen LogP contribution in [0.25, 0.3) is 6.08 Å². The monoisotopic (exact) mass is 346 g/mol. The van der Waals surface area contributed by atoms with Crippen LogP contribution in [-0.4, -0.2) is 23.5 Å². The number of hydrogen-bond acceptors (Lipinski definition) is 3. The van der Waals surface area contributed by atoms with Crippen LogP contribution in [0.1, 0.15) is 36.1 Å². The minimum Gasteiger partial charge on any atom is -0.493 e. The van der Waals surface area contributed by atoms with Gasteiger partial charge in [-0.2, -0.15) is 5.26 Å². The molecule has 0 aliphatic carbocycles. The summed E-state index contributed by atoms with van der Waals surface area (Å²) in [6.07, 6.45) is 4.40. The fraction of sp³-hybridized carbons (Fsp3) is 0.273. The van der Waals surface area contributed by atoms with Gasteiger partial charge in [0.1, 0.15) is 5.75 Å². The molecule has 4 nitrogen and oxygen atoms in total. The van der Waals surface area contributed by atoms with Gasteiger partial charge < -0.3 is 9.64 Å². The molecule has 1 heterocycles. The number of ether oxygens (including phenoxy) is 1. The van der Waals surface area contributed by atoms with Crippen molar-refractivity contribution < 1.29 is 9.53 Å². The van der Waals surface area contributed by atoms with Gasteiger partial charge in [-0.1, -0.05) is 18.2 Å². The molecular weight excluding hydrogens is 324 g/mol. The number of amides is 1. The van der Waals surface area contributed by atoms with Crippen LogP contribution in [-0.2, 0) is 17.8 Å². The molecule has 0 saturated carbocycles. The van der Waals surface area contributed by atoms with Crippen LogP contribution in [0.15, 0.2) is 48.5 Å². The number of carbonyl (C=O) groups excluding carboxylic acids is 1. The predicted molar refractivity (Wildman–Crippen MR) is 102 cm³/mol. The number of nitriles is 1. The first kappa shape index (κ1) is 17.8. The molecule has 0 radical (unpaired) electrons. The van der Waals surface area contributed by atoms with Crippen molar-refractivity contribution in [3.05, 3.63) is 70.8 Å². The van der Waals surface area contributed by atoms with Gasteiger partial charge in [0.25, 0.3) is 0 Å². The lowest BCUT2D eigenvalue weighted by Gasteiger charge is -2.25. The molecule has 0 atom stereocenters. The van der Waals surface area contributed by atoms with E-state index < -0.39 is 0 Å². The van der Waals surface area contributed by atoms with E-state index >= 15 is 0 Å². The molecule has 2 aromatic carbocycles. The number of carbonyl (C=O) groups is 1. The summed E-state index contributed by atoms with van der Waals surface area (Å²) in [5, 5.41) is 8.89. The number of hydrogen-bond donors (Lipinski definition) is 0. The Morgan fingerprint density at radius 1 is 1.27 bits per heavy atom. The number of rotatable bonds is 5. The lowest BCUT2D eigenvalue weighted by Crippen LogP contribution is -2.35. The van der Waals surface area contributed by atoms with Crippen molar-refractivity contribution in [2.75, 3.05) is 6.61 Å². The second-order valence-corrected chi connectivity index (χ2v) is 6.67. The molecule has 0 fully saturated rings. The summed E-state index contributed by atoms with van der Waals surface area (Å²) in [5.41, 5.74) is 3.83. The molecule has 0 aromatic heterocycles. The number of fused-ring (bicyclic) bond motifs is 1. The largest absolute Gasteiger partial charge is 0.493 e. The van der Waals surface area contributed by atoms with E-state index in [9.17, 15) is 4.79 Å². The zero-order valence-corrected chi connectivity index (χ0v) is 15.1. The second-order valence-electron chi connectivity index (χ2n) is 6.67. The quantitative estimate of drug-likeness (QED) is 0.771. The first-order chi connectivity index (χ1) is 12.6. The van der Waals surface area contributed by atoms with Gasteiger partial charge in [0, 0.05) is 25.1 Å². The second kappa shape index (κ2) is 7.88. The highest BCUT2D eigenvalue weighted by molar-refractivity contribution is 5.92. The van der Waals surface area contributed by atoms with Gasteiger partial charge in [0.05, 0.1) is 18.2 Å². The zero-order valence-electron chi connectivity index (χ0n) is 15.1. The van der Waals surface area contributed by atoms with Crippen LogP contribution < -0.4 is 4.74 Å². The summed E-state index contributed by atoms with van der Waals surface area (Å²) in [5.74, 6) is 0.916. The van der Waals surface area contributed by atoms with E-state index in [4.69, 9.17) is 10.00 Å². The van der Waals surface area contributed by atoms with E-state index in [2.05, 4.69) is 12.1 Å². The molecule has 4 heteroatoms. The van der Waals surface area contributed by atoms with E-state index in [1.54, 1.807) is 18.2 Å². The van der Waals surface area contributed by atoms with E-state index in [1.807, 2.05) is 49.1 Å². The van der Waals surface area contributed by atoms with Gasteiger partial charge in [0.15, 0.2) is 0 Å². The Morgan fingerprint density at radius 2 is 2.04 bits per heavy atom. The Hall–Kier alpha value is -3.06. The van der Waals surface area contributed by atoms with Crippen molar-refractivity contribution in [1.82, 2.24) is 4.90 Å². The molecule has 0 bridgehead atoms. The Labute approximate surface area is 154 Å². The van der Waals surface area contributed by atoms with Crippen molar-refractivity contribution >= 4 is 12.0 Å². The predicted octanol–water partition coefficient (Wildman–Crippen LogP) is 3.94. The zero-order chi connectivity index (χ0) is 18.5. The van der Waals surface area contributed by atoms with E-state index in [-0.39, 0.29) is 11.9 Å². The highest BCUT2D eigenvalue weighted by Gasteiger charge is 2.15. The van der Waals surface area contributed by atoms with Crippen LogP contribution in [0, 0.1) is 11.3 Å². The summed E-state index contributed by atoms with van der Waals surface area (Å²) in [4.78, 5) is 14.5. The maximum Gasteiger partial charge on any atom is 0.247 e. The van der Waals surface area contributed by atoms with Crippen LogP contribution in [0.5, 0.6) is 5.75 Å². The molecule has 1 aliphatic heterocycles. The average molecular weight is 346 g/mol. The molecule has 1 amide bonds. The Morgan fingerprint density at radius 3 is 2.73 bits per heavy atom. The topological polar surface area (TPSA) is 53.3 Å². The summed E-state index contributed by atoms with van der Waals surface area (Å²) in [6, 6.07) is 15.5. The highest BCUT2D eigenvalue weighted by atomic mass is 16.5. The molecule has 0 N–H and O–H groups in total. The summed E-state index contributed by atoms with van der Waals surface area (Å²) < 4.78 is 5.51. The van der Waals surface area contributed by atoms with Gasteiger partial charge in [-0.25, -0.2) is 0 Å². The Bertz CT molecular complexity index is 861. The van der Waals surface area contributed by atoms with Crippen molar-refractivity contribution in [2.45, 2.75) is 32.9 Å². The fourth-order valence-corrected chi connectivity index (χ4v) is 2.97. The first-order valence-electron chi connectivity index (χ1n) is 8.80. The molecule has 2 aromatic rings. The third-order valence-electron chi connectivity index (χ3n) is 4.47. The van der Waals surface area contributed by atoms with Gasteiger partial charge in [-0.3, -0.25) is 4.79 Å². The smallest absolute Gasteiger partial charge is 0.247 e. The number of benzene rings is 2. The summed E-state index contributed by atoms with van der Waals surface area (Å²) in [7, 11) is 0. The molecule has 1 aliphatic rings. The van der Waals surface area contributed by atoms with Crippen molar-refractivity contribution in [2.24, 2.45) is 0 Å². The van der Waals surface area contributed by atoms with Gasteiger partial charge in [-0.15, -0.1) is 0 Å². The normalized spacial score (nSPS) is 12.7. The molecule has 0 spiro atoms. The molecule has 26 heavy (non-hydrogen) atoms. The fourth-order valence-electron chi connectivity index (χ4n) is 2.97. The lowest BCUT2D eigenvalue weighted by atomic mass is 10.1. The third kappa shape index (κ3) is 4.12. The Balaban J connectivity index is 1.71. The van der Waals surface area contributed by atoms with E-state index in [1.165, 1.54) is 5.56 Å². The van der Waals surface area contributed by atoms with Gasteiger partial charge >= 0.3 is 0 Å². The standard InChI is InChI=1S/C22H22N2O2/c1-16(2)24(15-19-5-3-18(14-23)4-6-19)22(25)10-8-17-7-9-21-20(13-17)11-12-26-21/h3-10,13,16H,11-12,15H2,1-2H3/b10-8+. The van der Waals surface area contributed by atoms with Gasteiger partial charge in [0.2, 0.25) is 5.91 Å². The molecular formula is C22H22N2O2. The first-order valence-corrected chi connectivity index (χ1v) is 8.80. The maximum absolute atomic E-state index is 12.7. The minimum atomic E-state index is -0.0268. The van der Waals surface area contributed by atoms with Crippen molar-refractivity contribution in [1.29, 1.82) is 5.26 Å². The summed E-state index contributed by atoms with van der Waals surface area (Å²) >= 11 is 0. The maximum atomic E-state index is 12.7.